The third kappa shape index (κ3) is 3.22. The Balaban J connectivity index is 1.65. The fourth-order valence-electron chi connectivity index (χ4n) is 7.60. The molecule has 1 unspecified atom stereocenters. The Morgan fingerprint density at radius 2 is 1.97 bits per heavy atom. The number of nitrogens with zero attached hydrogens (tertiary/aromatic N) is 1. The van der Waals surface area contributed by atoms with Crippen LogP contribution in [0.1, 0.15) is 65.2 Å². The Kier molecular flexibility index (Phi) is 5.51. The molecule has 4 rings (SSSR count). The van der Waals surface area contributed by atoms with Crippen LogP contribution < -0.4 is 5.73 Å². The van der Waals surface area contributed by atoms with E-state index in [4.69, 9.17) is 15.3 Å². The highest BCUT2D eigenvalue weighted by Gasteiger charge is 2.63. The Morgan fingerprint density at radius 1 is 1.17 bits per heavy atom. The minimum atomic E-state index is -0.178. The van der Waals surface area contributed by atoms with Crippen LogP contribution in [-0.2, 0) is 19.2 Å². The number of ketones is 1. The Hall–Kier alpha value is -1.43. The lowest BCUT2D eigenvalue weighted by Crippen LogP contribution is -2.57. The summed E-state index contributed by atoms with van der Waals surface area (Å²) in [6.45, 7) is 5.45. The van der Waals surface area contributed by atoms with Crippen molar-refractivity contribution in [2.45, 2.75) is 65.2 Å². The molecule has 0 aromatic rings. The van der Waals surface area contributed by atoms with Gasteiger partial charge < -0.3 is 15.3 Å². The molecule has 0 amide bonds. The maximum atomic E-state index is 12.9. The molecule has 0 aliphatic heterocycles. The van der Waals surface area contributed by atoms with Gasteiger partial charge in [-0.2, -0.15) is 0 Å². The van der Waals surface area contributed by atoms with E-state index in [0.717, 1.165) is 50.7 Å². The molecule has 6 heteroatoms. The molecule has 6 nitrogen and oxygen atoms in total. The van der Waals surface area contributed by atoms with Crippen LogP contribution in [0.5, 0.6) is 0 Å². The van der Waals surface area contributed by atoms with Gasteiger partial charge in [0.05, 0.1) is 18.7 Å². The van der Waals surface area contributed by atoms with Crippen molar-refractivity contribution in [3.8, 4) is 0 Å². The van der Waals surface area contributed by atoms with Gasteiger partial charge in [-0.15, -0.1) is 0 Å². The minimum Gasteiger partial charge on any atom is -0.469 e. The van der Waals surface area contributed by atoms with Crippen LogP contribution in [0.4, 0.5) is 0 Å². The van der Waals surface area contributed by atoms with Crippen molar-refractivity contribution >= 4 is 17.5 Å². The molecule has 162 valence electrons. The first-order valence-corrected chi connectivity index (χ1v) is 11.3. The molecule has 0 spiro atoms. The second-order valence-corrected chi connectivity index (χ2v) is 10.3. The van der Waals surface area contributed by atoms with E-state index in [9.17, 15) is 9.59 Å². The minimum absolute atomic E-state index is 0.0849. The number of carbonyl (C=O) groups is 2. The highest BCUT2D eigenvalue weighted by Crippen LogP contribution is 2.66. The van der Waals surface area contributed by atoms with Gasteiger partial charge in [0.25, 0.3) is 0 Å². The Morgan fingerprint density at radius 3 is 2.69 bits per heavy atom. The van der Waals surface area contributed by atoms with Crippen LogP contribution in [-0.4, -0.2) is 37.7 Å². The first-order valence-electron chi connectivity index (χ1n) is 11.3. The zero-order valence-electron chi connectivity index (χ0n) is 18.1. The number of nitrogens with two attached hydrogens (primary N) is 1. The van der Waals surface area contributed by atoms with E-state index in [1.165, 1.54) is 7.11 Å². The van der Waals surface area contributed by atoms with Crippen LogP contribution in [0.2, 0.25) is 0 Å². The molecule has 0 saturated heterocycles. The Bertz CT molecular complexity index is 707. The standard InChI is InChI=1S/C23H36N2O4/c1-22-8-6-14(25-29-11-10-24)12-19(22)16(21(27)28-3)13-15-17-4-5-20(26)23(17,2)9-7-18(15)22/h15-19H,4-13,24H2,1-3H3/t15-,16-,17-,18-,19?,22+,23-/m0/s1. The van der Waals surface area contributed by atoms with Crippen molar-refractivity contribution in [1.82, 2.24) is 0 Å². The van der Waals surface area contributed by atoms with E-state index in [1.54, 1.807) is 0 Å². The maximum absolute atomic E-state index is 12.9. The normalized spacial score (nSPS) is 45.3. The monoisotopic (exact) mass is 404 g/mol. The Labute approximate surface area is 173 Å². The summed E-state index contributed by atoms with van der Waals surface area (Å²) in [5, 5.41) is 4.33. The zero-order valence-corrected chi connectivity index (χ0v) is 18.1. The number of hydrogen-bond donors (Lipinski definition) is 1. The van der Waals surface area contributed by atoms with Crippen LogP contribution in [0.15, 0.2) is 5.16 Å². The van der Waals surface area contributed by atoms with Gasteiger partial charge in [-0.3, -0.25) is 9.59 Å². The highest BCUT2D eigenvalue weighted by molar-refractivity contribution is 5.88. The van der Waals surface area contributed by atoms with E-state index in [2.05, 4.69) is 19.0 Å². The lowest BCUT2D eigenvalue weighted by Gasteiger charge is -2.61. The third-order valence-electron chi connectivity index (χ3n) is 9.17. The lowest BCUT2D eigenvalue weighted by atomic mass is 9.43. The van der Waals surface area contributed by atoms with Crippen molar-refractivity contribution in [3.63, 3.8) is 0 Å². The zero-order chi connectivity index (χ0) is 20.8. The smallest absolute Gasteiger partial charge is 0.308 e. The van der Waals surface area contributed by atoms with Gasteiger partial charge in [-0.05, 0) is 74.0 Å². The summed E-state index contributed by atoms with van der Waals surface area (Å²) < 4.78 is 5.26. The van der Waals surface area contributed by atoms with Gasteiger partial charge in [0.1, 0.15) is 12.4 Å². The highest BCUT2D eigenvalue weighted by atomic mass is 16.6. The largest absolute Gasteiger partial charge is 0.469 e. The SMILES string of the molecule is COC(=O)[C@H]1C[C@@H]2[C@H](CC[C@]3(C)C(=O)CC[C@@H]23)[C@@]2(C)CCC(=NOCCN)CC12. The number of fused-ring (bicyclic) bond motifs is 5. The number of methoxy groups -OCH3 is 1. The summed E-state index contributed by atoms with van der Waals surface area (Å²) in [6.07, 6.45) is 7.38. The molecule has 7 atom stereocenters. The molecule has 0 bridgehead atoms. The van der Waals surface area contributed by atoms with E-state index >= 15 is 0 Å². The van der Waals surface area contributed by atoms with Crippen LogP contribution in [0.3, 0.4) is 0 Å². The van der Waals surface area contributed by atoms with E-state index in [-0.39, 0.29) is 28.6 Å². The quantitative estimate of drug-likeness (QED) is 0.441. The van der Waals surface area contributed by atoms with Gasteiger partial charge in [0.2, 0.25) is 0 Å². The van der Waals surface area contributed by atoms with Gasteiger partial charge in [-0.25, -0.2) is 0 Å². The van der Waals surface area contributed by atoms with Gasteiger partial charge in [-0.1, -0.05) is 19.0 Å². The predicted molar refractivity (Wildman–Crippen MR) is 110 cm³/mol. The lowest BCUT2D eigenvalue weighted by molar-refractivity contribution is -0.167. The summed E-state index contributed by atoms with van der Waals surface area (Å²) in [4.78, 5) is 30.9. The molecular formula is C23H36N2O4. The maximum Gasteiger partial charge on any atom is 0.308 e. The molecule has 0 aromatic heterocycles. The summed E-state index contributed by atoms with van der Waals surface area (Å²) in [5.74, 6) is 1.89. The predicted octanol–water partition coefficient (Wildman–Crippen LogP) is 3.33. The first kappa shape index (κ1) is 20.8. The fraction of sp³-hybridized carbons (Fsp3) is 0.870. The molecule has 0 aromatic carbocycles. The molecule has 4 aliphatic rings. The second-order valence-electron chi connectivity index (χ2n) is 10.3. The number of rotatable bonds is 4. The third-order valence-corrected chi connectivity index (χ3v) is 9.17. The molecule has 0 heterocycles. The number of carbonyl (C=O) groups excluding carboxylic acids is 2. The topological polar surface area (TPSA) is 91.0 Å². The van der Waals surface area contributed by atoms with Crippen molar-refractivity contribution in [1.29, 1.82) is 0 Å². The molecule has 4 aliphatic carbocycles. The average molecular weight is 405 g/mol. The summed E-state index contributed by atoms with van der Waals surface area (Å²) >= 11 is 0. The summed E-state index contributed by atoms with van der Waals surface area (Å²) in [6, 6.07) is 0. The van der Waals surface area contributed by atoms with Crippen molar-refractivity contribution in [2.75, 3.05) is 20.3 Å². The number of hydrogen-bond acceptors (Lipinski definition) is 6. The number of oxime groups is 1. The summed E-state index contributed by atoms with van der Waals surface area (Å²) in [5.41, 5.74) is 6.46. The van der Waals surface area contributed by atoms with Gasteiger partial charge in [0, 0.05) is 18.4 Å². The van der Waals surface area contributed by atoms with Crippen LogP contribution >= 0.6 is 0 Å². The van der Waals surface area contributed by atoms with Crippen molar-refractivity contribution in [3.05, 3.63) is 0 Å². The number of ether oxygens (including phenoxy) is 1. The van der Waals surface area contributed by atoms with Crippen LogP contribution in [0, 0.1) is 40.4 Å². The number of esters is 1. The molecule has 2 N–H and O–H groups in total. The van der Waals surface area contributed by atoms with E-state index < -0.39 is 0 Å². The molecular weight excluding hydrogens is 368 g/mol. The first-order chi connectivity index (χ1) is 13.8. The van der Waals surface area contributed by atoms with Gasteiger partial charge in [0.15, 0.2) is 0 Å². The van der Waals surface area contributed by atoms with Gasteiger partial charge >= 0.3 is 5.97 Å². The van der Waals surface area contributed by atoms with E-state index in [0.29, 0.717) is 43.1 Å². The second kappa shape index (κ2) is 7.68. The molecule has 0 radical (unpaired) electrons. The van der Waals surface area contributed by atoms with Crippen molar-refractivity contribution < 1.29 is 19.2 Å². The average Bonchev–Trinajstić information content (AvgIpc) is 3.02. The van der Waals surface area contributed by atoms with Crippen LogP contribution in [0.25, 0.3) is 0 Å². The molecule has 4 fully saturated rings. The summed E-state index contributed by atoms with van der Waals surface area (Å²) in [7, 11) is 1.50. The van der Waals surface area contributed by atoms with E-state index in [1.807, 2.05) is 0 Å². The number of Topliss-reactive ketones (excluding diaryl/α,β-unsaturated/α-hetero) is 1. The fourth-order valence-corrected chi connectivity index (χ4v) is 7.60. The molecule has 4 saturated carbocycles. The van der Waals surface area contributed by atoms with Crippen molar-refractivity contribution in [2.24, 2.45) is 51.3 Å². The molecule has 29 heavy (non-hydrogen) atoms.